The van der Waals surface area contributed by atoms with Gasteiger partial charge in [-0.3, -0.25) is 5.32 Å². The summed E-state index contributed by atoms with van der Waals surface area (Å²) in [5.74, 6) is 0.815. The van der Waals surface area contributed by atoms with E-state index in [0.717, 1.165) is 12.3 Å². The summed E-state index contributed by atoms with van der Waals surface area (Å²) in [4.78, 5) is 0. The maximum Gasteiger partial charge on any atom is 0.127 e. The van der Waals surface area contributed by atoms with Gasteiger partial charge in [-0.2, -0.15) is 5.26 Å². The highest BCUT2D eigenvalue weighted by molar-refractivity contribution is 5.04. The molecule has 3 heteroatoms. The fraction of sp³-hybridized carbons (Fsp3) is 0.933. The molecule has 1 rings (SSSR count). The summed E-state index contributed by atoms with van der Waals surface area (Å²) in [5.41, 5.74) is -0.562. The second-order valence-electron chi connectivity index (χ2n) is 6.12. The van der Waals surface area contributed by atoms with E-state index in [9.17, 15) is 5.26 Å². The standard InChI is InChI=1S/C15H28N2O/c1-5-13-7-6-8-14(9-13)18-11-15(4,10-16)17-12(2)3/h12-14,17H,5-9,11H2,1-4H3. The number of hydrogen-bond acceptors (Lipinski definition) is 3. The van der Waals surface area contributed by atoms with Gasteiger partial charge in [-0.15, -0.1) is 0 Å². The number of hydrogen-bond donors (Lipinski definition) is 1. The van der Waals surface area contributed by atoms with E-state index in [1.165, 1.54) is 25.7 Å². The van der Waals surface area contributed by atoms with E-state index in [4.69, 9.17) is 4.74 Å². The molecule has 3 nitrogen and oxygen atoms in total. The first-order valence-electron chi connectivity index (χ1n) is 7.29. The summed E-state index contributed by atoms with van der Waals surface area (Å²) in [6.07, 6.45) is 6.53. The number of nitriles is 1. The van der Waals surface area contributed by atoms with Crippen LogP contribution >= 0.6 is 0 Å². The molecule has 0 aromatic heterocycles. The van der Waals surface area contributed by atoms with Crippen molar-refractivity contribution in [3.8, 4) is 6.07 Å². The van der Waals surface area contributed by atoms with Crippen molar-refractivity contribution >= 4 is 0 Å². The van der Waals surface area contributed by atoms with Crippen LogP contribution in [0.2, 0.25) is 0 Å². The second kappa shape index (κ2) is 7.11. The average molecular weight is 252 g/mol. The maximum absolute atomic E-state index is 9.27. The third-order valence-electron chi connectivity index (χ3n) is 3.77. The third-order valence-corrected chi connectivity index (χ3v) is 3.77. The van der Waals surface area contributed by atoms with E-state index in [0.29, 0.717) is 18.8 Å². The van der Waals surface area contributed by atoms with Gasteiger partial charge >= 0.3 is 0 Å². The first-order valence-corrected chi connectivity index (χ1v) is 7.29. The van der Waals surface area contributed by atoms with Gasteiger partial charge < -0.3 is 4.74 Å². The predicted octanol–water partition coefficient (Wildman–Crippen LogP) is 3.25. The first kappa shape index (κ1) is 15.5. The summed E-state index contributed by atoms with van der Waals surface area (Å²) in [5, 5.41) is 12.6. The maximum atomic E-state index is 9.27. The molecule has 0 amide bonds. The van der Waals surface area contributed by atoms with Gasteiger partial charge in [0.1, 0.15) is 5.54 Å². The molecule has 1 aliphatic carbocycles. The highest BCUT2D eigenvalue weighted by Gasteiger charge is 2.28. The fourth-order valence-corrected chi connectivity index (χ4v) is 2.79. The molecule has 18 heavy (non-hydrogen) atoms. The number of ether oxygens (including phenoxy) is 1. The van der Waals surface area contributed by atoms with Gasteiger partial charge in [0.25, 0.3) is 0 Å². The lowest BCUT2D eigenvalue weighted by Gasteiger charge is -2.32. The van der Waals surface area contributed by atoms with Crippen LogP contribution in [-0.2, 0) is 4.74 Å². The van der Waals surface area contributed by atoms with Crippen LogP contribution in [0.5, 0.6) is 0 Å². The van der Waals surface area contributed by atoms with Gasteiger partial charge in [-0.1, -0.05) is 26.2 Å². The van der Waals surface area contributed by atoms with Crippen molar-refractivity contribution in [2.24, 2.45) is 5.92 Å². The first-order chi connectivity index (χ1) is 8.49. The lowest BCUT2D eigenvalue weighted by Crippen LogP contribution is -2.49. The van der Waals surface area contributed by atoms with Crippen molar-refractivity contribution in [3.63, 3.8) is 0 Å². The number of nitrogens with zero attached hydrogens (tertiary/aromatic N) is 1. The summed E-state index contributed by atoms with van der Waals surface area (Å²) >= 11 is 0. The molecule has 3 unspecified atom stereocenters. The molecule has 1 fully saturated rings. The van der Waals surface area contributed by atoms with Gasteiger partial charge in [0.2, 0.25) is 0 Å². The van der Waals surface area contributed by atoms with E-state index in [-0.39, 0.29) is 0 Å². The summed E-state index contributed by atoms with van der Waals surface area (Å²) in [6, 6.07) is 2.64. The normalized spacial score (nSPS) is 27.8. The number of nitrogens with one attached hydrogen (secondary N) is 1. The Labute approximate surface area is 112 Å². The molecule has 0 bridgehead atoms. The van der Waals surface area contributed by atoms with Crippen LogP contribution < -0.4 is 5.32 Å². The van der Waals surface area contributed by atoms with E-state index >= 15 is 0 Å². The van der Waals surface area contributed by atoms with Crippen LogP contribution in [-0.4, -0.2) is 24.3 Å². The van der Waals surface area contributed by atoms with E-state index < -0.39 is 5.54 Å². The Bertz CT molecular complexity index is 285. The summed E-state index contributed by atoms with van der Waals surface area (Å²) < 4.78 is 5.99. The molecule has 104 valence electrons. The van der Waals surface area contributed by atoms with Gasteiger partial charge in [0.05, 0.1) is 18.8 Å². The van der Waals surface area contributed by atoms with Crippen LogP contribution in [0.1, 0.15) is 59.8 Å². The Kier molecular flexibility index (Phi) is 6.11. The van der Waals surface area contributed by atoms with Crippen molar-refractivity contribution in [2.45, 2.75) is 77.5 Å². The summed E-state index contributed by atoms with van der Waals surface area (Å²) in [6.45, 7) is 8.79. The molecule has 0 spiro atoms. The minimum absolute atomic E-state index is 0.299. The Balaban J connectivity index is 2.40. The van der Waals surface area contributed by atoms with Gasteiger partial charge in [-0.05, 0) is 39.5 Å². The quantitative estimate of drug-likeness (QED) is 0.789. The van der Waals surface area contributed by atoms with Crippen molar-refractivity contribution in [1.82, 2.24) is 5.32 Å². The zero-order valence-corrected chi connectivity index (χ0v) is 12.3. The van der Waals surface area contributed by atoms with Crippen LogP contribution in [0.15, 0.2) is 0 Å². The van der Waals surface area contributed by atoms with Crippen molar-refractivity contribution in [1.29, 1.82) is 5.26 Å². The van der Waals surface area contributed by atoms with E-state index in [2.05, 4.69) is 32.2 Å². The molecule has 1 aliphatic rings. The second-order valence-corrected chi connectivity index (χ2v) is 6.12. The molecule has 0 heterocycles. The lowest BCUT2D eigenvalue weighted by atomic mass is 9.85. The Morgan fingerprint density at radius 3 is 2.72 bits per heavy atom. The van der Waals surface area contributed by atoms with E-state index in [1.54, 1.807) is 0 Å². The van der Waals surface area contributed by atoms with Crippen LogP contribution in [0.25, 0.3) is 0 Å². The molecule has 1 N–H and O–H groups in total. The zero-order chi connectivity index (χ0) is 13.6. The Morgan fingerprint density at radius 1 is 1.44 bits per heavy atom. The van der Waals surface area contributed by atoms with Crippen molar-refractivity contribution in [2.75, 3.05) is 6.61 Å². The molecule has 0 aromatic carbocycles. The topological polar surface area (TPSA) is 45.0 Å². The van der Waals surface area contributed by atoms with Gasteiger partial charge in [0, 0.05) is 6.04 Å². The molecule has 3 atom stereocenters. The molecule has 0 saturated heterocycles. The molecule has 0 radical (unpaired) electrons. The molecule has 0 aromatic rings. The minimum Gasteiger partial charge on any atom is -0.375 e. The average Bonchev–Trinajstić information content (AvgIpc) is 2.36. The van der Waals surface area contributed by atoms with Gasteiger partial charge in [-0.25, -0.2) is 0 Å². The third kappa shape index (κ3) is 4.96. The largest absolute Gasteiger partial charge is 0.375 e. The highest BCUT2D eigenvalue weighted by atomic mass is 16.5. The Morgan fingerprint density at radius 2 is 2.17 bits per heavy atom. The predicted molar refractivity (Wildman–Crippen MR) is 74.3 cm³/mol. The lowest BCUT2D eigenvalue weighted by molar-refractivity contribution is -0.00804. The molecule has 0 aliphatic heterocycles. The monoisotopic (exact) mass is 252 g/mol. The number of rotatable bonds is 6. The van der Waals surface area contributed by atoms with Gasteiger partial charge in [0.15, 0.2) is 0 Å². The molecular weight excluding hydrogens is 224 g/mol. The van der Waals surface area contributed by atoms with Crippen molar-refractivity contribution in [3.05, 3.63) is 0 Å². The van der Waals surface area contributed by atoms with Crippen LogP contribution in [0.3, 0.4) is 0 Å². The Hall–Kier alpha value is -0.590. The van der Waals surface area contributed by atoms with Crippen molar-refractivity contribution < 1.29 is 4.74 Å². The summed E-state index contributed by atoms with van der Waals surface area (Å²) in [7, 11) is 0. The highest BCUT2D eigenvalue weighted by Crippen LogP contribution is 2.28. The molecule has 1 saturated carbocycles. The molecular formula is C15H28N2O. The fourth-order valence-electron chi connectivity index (χ4n) is 2.79. The SMILES string of the molecule is CCC1CCCC(OCC(C)(C#N)NC(C)C)C1. The van der Waals surface area contributed by atoms with Crippen LogP contribution in [0, 0.1) is 17.2 Å². The van der Waals surface area contributed by atoms with E-state index in [1.807, 2.05) is 6.92 Å². The zero-order valence-electron chi connectivity index (χ0n) is 12.3. The minimum atomic E-state index is -0.562. The smallest absolute Gasteiger partial charge is 0.127 e. The van der Waals surface area contributed by atoms with Crippen LogP contribution in [0.4, 0.5) is 0 Å².